The fourth-order valence-corrected chi connectivity index (χ4v) is 2.91. The largest absolute Gasteiger partial charge is 0.334 e. The smallest absolute Gasteiger partial charge is 0.229 e. The van der Waals surface area contributed by atoms with Crippen molar-refractivity contribution in [1.82, 2.24) is 4.90 Å². The zero-order valence-electron chi connectivity index (χ0n) is 9.42. The van der Waals surface area contributed by atoms with Crippen LogP contribution in [0.4, 0.5) is 0 Å². The molecule has 2 aliphatic rings. The minimum Gasteiger partial charge on any atom is -0.334 e. The molecular weight excluding hydrogens is 190 g/mol. The highest BCUT2D eigenvalue weighted by Crippen LogP contribution is 2.42. The molecule has 1 heterocycles. The van der Waals surface area contributed by atoms with Crippen molar-refractivity contribution in [3.05, 3.63) is 0 Å². The lowest BCUT2D eigenvalue weighted by atomic mass is 9.82. The highest BCUT2D eigenvalue weighted by Gasteiger charge is 2.43. The molecule has 1 saturated carbocycles. The number of hydrogen-bond donors (Lipinski definition) is 0. The van der Waals surface area contributed by atoms with E-state index in [4.69, 9.17) is 0 Å². The number of nitrogens with zero attached hydrogens (tertiary/aromatic N) is 1. The third-order valence-corrected chi connectivity index (χ3v) is 4.01. The Balaban J connectivity index is 2.08. The van der Waals surface area contributed by atoms with Crippen molar-refractivity contribution in [2.75, 3.05) is 13.1 Å². The van der Waals surface area contributed by atoms with E-state index >= 15 is 0 Å². The van der Waals surface area contributed by atoms with E-state index < -0.39 is 0 Å². The van der Waals surface area contributed by atoms with Gasteiger partial charge in [0.05, 0.1) is 6.54 Å². The summed E-state index contributed by atoms with van der Waals surface area (Å²) in [6.07, 6.45) is 5.87. The number of ketones is 1. The molecule has 2 fully saturated rings. The molecule has 1 aliphatic heterocycles. The maximum Gasteiger partial charge on any atom is 0.229 e. The first-order valence-electron chi connectivity index (χ1n) is 5.99. The molecule has 0 atom stereocenters. The van der Waals surface area contributed by atoms with Crippen LogP contribution in [0.15, 0.2) is 0 Å². The van der Waals surface area contributed by atoms with Crippen molar-refractivity contribution in [3.63, 3.8) is 0 Å². The molecule has 84 valence electrons. The highest BCUT2D eigenvalue weighted by molar-refractivity contribution is 5.91. The zero-order valence-corrected chi connectivity index (χ0v) is 9.42. The highest BCUT2D eigenvalue weighted by atomic mass is 16.2. The van der Waals surface area contributed by atoms with Gasteiger partial charge in [-0.15, -0.1) is 0 Å². The summed E-state index contributed by atoms with van der Waals surface area (Å²) in [6.45, 7) is 3.11. The molecule has 0 aromatic heterocycles. The van der Waals surface area contributed by atoms with Gasteiger partial charge in [-0.25, -0.2) is 0 Å². The fraction of sp³-hybridized carbons (Fsp3) is 0.833. The van der Waals surface area contributed by atoms with Gasteiger partial charge in [-0.3, -0.25) is 9.59 Å². The average Bonchev–Trinajstić information content (AvgIpc) is 2.86. The summed E-state index contributed by atoms with van der Waals surface area (Å²) in [5, 5.41) is 0. The molecule has 2 rings (SSSR count). The van der Waals surface area contributed by atoms with Crippen LogP contribution in [0.3, 0.4) is 0 Å². The average molecular weight is 209 g/mol. The normalized spacial score (nSPS) is 24.9. The van der Waals surface area contributed by atoms with Gasteiger partial charge in [-0.05, 0) is 19.3 Å². The second-order valence-corrected chi connectivity index (χ2v) is 4.86. The summed E-state index contributed by atoms with van der Waals surface area (Å²) in [6, 6.07) is 0. The minimum atomic E-state index is -0.120. The van der Waals surface area contributed by atoms with Gasteiger partial charge in [-0.1, -0.05) is 19.8 Å². The quantitative estimate of drug-likeness (QED) is 0.695. The molecule has 0 spiro atoms. The second-order valence-electron chi connectivity index (χ2n) is 4.86. The van der Waals surface area contributed by atoms with Crippen LogP contribution in [0.1, 0.15) is 45.4 Å². The molecule has 3 heteroatoms. The lowest BCUT2D eigenvalue weighted by Crippen LogP contribution is -2.41. The number of carbonyl (C=O) groups excluding carboxylic acids is 2. The standard InChI is InChI=1S/C12H19NO2/c1-2-12(6-3-4-7-12)11(15)13-8-5-10(14)9-13/h2-9H2,1H3. The van der Waals surface area contributed by atoms with Gasteiger partial charge in [0.1, 0.15) is 0 Å². The van der Waals surface area contributed by atoms with Gasteiger partial charge in [0.15, 0.2) is 5.78 Å². The number of hydrogen-bond acceptors (Lipinski definition) is 2. The number of rotatable bonds is 2. The second kappa shape index (κ2) is 3.95. The van der Waals surface area contributed by atoms with Gasteiger partial charge in [0.2, 0.25) is 5.91 Å². The van der Waals surface area contributed by atoms with Crippen molar-refractivity contribution in [3.8, 4) is 0 Å². The van der Waals surface area contributed by atoms with E-state index in [0.717, 1.165) is 19.3 Å². The number of amides is 1. The number of Topliss-reactive ketones (excluding diaryl/α,β-unsaturated/α-hetero) is 1. The molecule has 0 aromatic carbocycles. The van der Waals surface area contributed by atoms with Crippen LogP contribution in [0.25, 0.3) is 0 Å². The molecule has 0 bridgehead atoms. The van der Waals surface area contributed by atoms with Crippen molar-refractivity contribution in [2.45, 2.75) is 45.4 Å². The molecule has 0 aromatic rings. The Bertz CT molecular complexity index is 279. The van der Waals surface area contributed by atoms with Crippen molar-refractivity contribution in [1.29, 1.82) is 0 Å². The SMILES string of the molecule is CCC1(C(=O)N2CCC(=O)C2)CCCC1. The first kappa shape index (κ1) is 10.7. The Kier molecular flexibility index (Phi) is 2.81. The van der Waals surface area contributed by atoms with Gasteiger partial charge >= 0.3 is 0 Å². The molecule has 0 N–H and O–H groups in total. The van der Waals surface area contributed by atoms with Crippen LogP contribution in [0.2, 0.25) is 0 Å². The molecule has 1 saturated heterocycles. The summed E-state index contributed by atoms with van der Waals surface area (Å²) in [4.78, 5) is 25.3. The van der Waals surface area contributed by atoms with Crippen LogP contribution < -0.4 is 0 Å². The van der Waals surface area contributed by atoms with E-state index in [1.54, 1.807) is 4.90 Å². The maximum atomic E-state index is 12.3. The van der Waals surface area contributed by atoms with Gasteiger partial charge in [0.25, 0.3) is 0 Å². The summed E-state index contributed by atoms with van der Waals surface area (Å²) in [7, 11) is 0. The molecule has 0 unspecified atom stereocenters. The summed E-state index contributed by atoms with van der Waals surface area (Å²) >= 11 is 0. The summed E-state index contributed by atoms with van der Waals surface area (Å²) in [5.41, 5.74) is -0.120. The van der Waals surface area contributed by atoms with E-state index in [1.165, 1.54) is 12.8 Å². The maximum absolute atomic E-state index is 12.3. The van der Waals surface area contributed by atoms with E-state index in [2.05, 4.69) is 6.92 Å². The molecule has 3 nitrogen and oxygen atoms in total. The fourth-order valence-electron chi connectivity index (χ4n) is 2.91. The van der Waals surface area contributed by atoms with Gasteiger partial charge in [0, 0.05) is 18.4 Å². The number of carbonyl (C=O) groups is 2. The first-order chi connectivity index (χ1) is 7.18. The molecule has 1 amide bonds. The molecular formula is C12H19NO2. The molecule has 0 radical (unpaired) electrons. The van der Waals surface area contributed by atoms with Crippen molar-refractivity contribution in [2.24, 2.45) is 5.41 Å². The summed E-state index contributed by atoms with van der Waals surface area (Å²) in [5.74, 6) is 0.459. The third kappa shape index (κ3) is 1.80. The van der Waals surface area contributed by atoms with Gasteiger partial charge in [-0.2, -0.15) is 0 Å². The Morgan fingerprint density at radius 1 is 1.40 bits per heavy atom. The predicted octanol–water partition coefficient (Wildman–Crippen LogP) is 1.76. The van der Waals surface area contributed by atoms with E-state index in [-0.39, 0.29) is 17.1 Å². The number of likely N-dealkylation sites (tertiary alicyclic amines) is 1. The third-order valence-electron chi connectivity index (χ3n) is 4.01. The zero-order chi connectivity index (χ0) is 10.9. The van der Waals surface area contributed by atoms with Gasteiger partial charge < -0.3 is 4.90 Å². The van der Waals surface area contributed by atoms with Crippen LogP contribution in [0.5, 0.6) is 0 Å². The van der Waals surface area contributed by atoms with E-state index in [9.17, 15) is 9.59 Å². The van der Waals surface area contributed by atoms with E-state index in [0.29, 0.717) is 19.5 Å². The Hall–Kier alpha value is -0.860. The Labute approximate surface area is 90.8 Å². The lowest BCUT2D eigenvalue weighted by Gasteiger charge is -2.30. The summed E-state index contributed by atoms with van der Waals surface area (Å²) < 4.78 is 0. The van der Waals surface area contributed by atoms with Crippen LogP contribution in [-0.4, -0.2) is 29.7 Å². The predicted molar refractivity (Wildman–Crippen MR) is 57.4 cm³/mol. The molecule has 1 aliphatic carbocycles. The van der Waals surface area contributed by atoms with Crippen LogP contribution >= 0.6 is 0 Å². The van der Waals surface area contributed by atoms with Crippen molar-refractivity contribution < 1.29 is 9.59 Å². The minimum absolute atomic E-state index is 0.120. The van der Waals surface area contributed by atoms with E-state index in [1.807, 2.05) is 0 Å². The van der Waals surface area contributed by atoms with Crippen LogP contribution in [0, 0.1) is 5.41 Å². The first-order valence-corrected chi connectivity index (χ1v) is 5.99. The molecule has 15 heavy (non-hydrogen) atoms. The monoisotopic (exact) mass is 209 g/mol. The Morgan fingerprint density at radius 3 is 2.53 bits per heavy atom. The topological polar surface area (TPSA) is 37.4 Å². The van der Waals surface area contributed by atoms with Crippen LogP contribution in [-0.2, 0) is 9.59 Å². The van der Waals surface area contributed by atoms with Crippen molar-refractivity contribution >= 4 is 11.7 Å². The Morgan fingerprint density at radius 2 is 2.07 bits per heavy atom. The lowest BCUT2D eigenvalue weighted by molar-refractivity contribution is -0.142.